The lowest BCUT2D eigenvalue weighted by Crippen LogP contribution is -2.14. The van der Waals surface area contributed by atoms with E-state index in [0.717, 1.165) is 6.26 Å². The molecule has 0 amide bonds. The fourth-order valence-corrected chi connectivity index (χ4v) is 4.68. The van der Waals surface area contributed by atoms with Gasteiger partial charge >= 0.3 is 11.9 Å². The molecule has 3 aromatic rings. The molecule has 0 spiro atoms. The first-order valence-corrected chi connectivity index (χ1v) is 12.6. The number of hydrogen-bond donors (Lipinski definition) is 3. The number of carbonyl (C=O) groups is 2. The number of esters is 1. The maximum atomic E-state index is 13.3. The molecule has 0 aromatic heterocycles. The van der Waals surface area contributed by atoms with Crippen LogP contribution in [-0.2, 0) is 9.84 Å². The molecule has 0 radical (unpaired) electrons. The molecule has 1 aliphatic rings. The summed E-state index contributed by atoms with van der Waals surface area (Å²) in [7, 11) is -2.14. The summed E-state index contributed by atoms with van der Waals surface area (Å²) >= 11 is 0. The largest absolute Gasteiger partial charge is 0.507 e. The number of benzene rings is 3. The van der Waals surface area contributed by atoms with Gasteiger partial charge in [0.25, 0.3) is 0 Å². The Kier molecular flexibility index (Phi) is 6.30. The van der Waals surface area contributed by atoms with Crippen LogP contribution in [0.4, 0.5) is 0 Å². The molecule has 0 atom stereocenters. The van der Waals surface area contributed by atoms with Crippen molar-refractivity contribution < 1.29 is 42.4 Å². The van der Waals surface area contributed by atoms with E-state index in [-0.39, 0.29) is 61.6 Å². The molecule has 4 N–H and O–H groups in total. The molecule has 0 saturated heterocycles. The zero-order valence-electron chi connectivity index (χ0n) is 20.1. The number of phenols is 1. The normalized spacial score (nSPS) is 13.1. The van der Waals surface area contributed by atoms with Gasteiger partial charge in [-0.25, -0.2) is 18.0 Å². The van der Waals surface area contributed by atoms with Crippen LogP contribution in [0.15, 0.2) is 46.4 Å². The van der Waals surface area contributed by atoms with Gasteiger partial charge in [0, 0.05) is 17.4 Å². The second-order valence-electron chi connectivity index (χ2n) is 8.27. The number of ether oxygens (including phenoxy) is 3. The van der Waals surface area contributed by atoms with Crippen molar-refractivity contribution in [3.05, 3.63) is 69.8 Å². The van der Waals surface area contributed by atoms with Gasteiger partial charge in [0.1, 0.15) is 28.3 Å². The van der Waals surface area contributed by atoms with Crippen molar-refractivity contribution in [3.63, 3.8) is 0 Å². The van der Waals surface area contributed by atoms with Crippen LogP contribution in [0, 0.1) is 13.8 Å². The monoisotopic (exact) mass is 526 g/mol. The Morgan fingerprint density at radius 3 is 2.24 bits per heavy atom. The number of aryl methyl sites for hydroxylation is 1. The lowest BCUT2D eigenvalue weighted by Gasteiger charge is -2.18. The summed E-state index contributed by atoms with van der Waals surface area (Å²) in [5.74, 6) is 2.55. The molecule has 0 fully saturated rings. The predicted octanol–water partition coefficient (Wildman–Crippen LogP) is 3.16. The number of sulfone groups is 1. The van der Waals surface area contributed by atoms with Crippen LogP contribution in [0.5, 0.6) is 28.7 Å². The van der Waals surface area contributed by atoms with E-state index in [4.69, 9.17) is 20.1 Å². The number of carboxylic acids is 1. The number of phenolic OH excluding ortho intramolecular Hbond substituents is 1. The van der Waals surface area contributed by atoms with Gasteiger partial charge in [0.05, 0.1) is 17.6 Å². The summed E-state index contributed by atoms with van der Waals surface area (Å²) in [5, 5.41) is 24.5. The summed E-state index contributed by atoms with van der Waals surface area (Å²) in [6, 6.07) is 8.04. The van der Waals surface area contributed by atoms with Crippen LogP contribution < -0.4 is 20.1 Å². The van der Waals surface area contributed by atoms with Gasteiger partial charge in [-0.1, -0.05) is 12.1 Å². The Balaban J connectivity index is 2.01. The fourth-order valence-electron chi connectivity index (χ4n) is 4.05. The minimum absolute atomic E-state index is 0.0452. The number of hydrogen-bond acceptors (Lipinski definition) is 10. The summed E-state index contributed by atoms with van der Waals surface area (Å²) in [6.45, 7) is 3.10. The van der Waals surface area contributed by atoms with Crippen LogP contribution in [0.2, 0.25) is 0 Å². The summed E-state index contributed by atoms with van der Waals surface area (Å²) in [6.07, 6.45) is 1.06. The lowest BCUT2D eigenvalue weighted by molar-refractivity contribution is 0.0685. The van der Waals surface area contributed by atoms with E-state index >= 15 is 0 Å². The molecule has 12 heteroatoms. The molecule has 4 rings (SSSR count). The maximum absolute atomic E-state index is 13.3. The number of methoxy groups -OCH3 is 1. The lowest BCUT2D eigenvalue weighted by atomic mass is 9.95. The van der Waals surface area contributed by atoms with Crippen molar-refractivity contribution in [1.82, 2.24) is 0 Å². The van der Waals surface area contributed by atoms with Crippen LogP contribution in [0.1, 0.15) is 43.0 Å². The molecular formula is C25H22N2O9S. The number of nitrogens with two attached hydrogens (primary N) is 1. The second kappa shape index (κ2) is 9.13. The van der Waals surface area contributed by atoms with Gasteiger partial charge < -0.3 is 30.3 Å². The van der Waals surface area contributed by atoms with E-state index < -0.39 is 21.8 Å². The Labute approximate surface area is 211 Å². The third kappa shape index (κ3) is 4.31. The van der Waals surface area contributed by atoms with Crippen LogP contribution >= 0.6 is 0 Å². The fraction of sp³-hybridized carbons (Fsp3) is 0.160. The number of fused-ring (bicyclic) bond motifs is 2. The first-order valence-electron chi connectivity index (χ1n) is 10.7. The highest BCUT2D eigenvalue weighted by Gasteiger charge is 2.35. The van der Waals surface area contributed by atoms with Gasteiger partial charge in [-0.15, -0.1) is 0 Å². The highest BCUT2D eigenvalue weighted by molar-refractivity contribution is 7.90. The van der Waals surface area contributed by atoms with Gasteiger partial charge in [-0.3, -0.25) is 0 Å². The van der Waals surface area contributed by atoms with Crippen molar-refractivity contribution in [1.29, 1.82) is 0 Å². The van der Waals surface area contributed by atoms with E-state index in [1.165, 1.54) is 50.4 Å². The number of rotatable bonds is 5. The van der Waals surface area contributed by atoms with Crippen molar-refractivity contribution in [3.8, 4) is 28.7 Å². The molecule has 0 saturated carbocycles. The Hall–Kier alpha value is -4.58. The molecule has 1 heterocycles. The number of aromatic carboxylic acids is 1. The quantitative estimate of drug-likeness (QED) is 0.147. The molecule has 37 heavy (non-hydrogen) atoms. The SMILES string of the molecule is COc1cc(C(=O)O)c2c(c1C)OC(=O)c1c(C)cc(O)c(C(=NN)c3ccc(S(C)(=O)=O)cc3)c1O2. The molecule has 0 aliphatic carbocycles. The Morgan fingerprint density at radius 2 is 1.70 bits per heavy atom. The average molecular weight is 527 g/mol. The van der Waals surface area contributed by atoms with Crippen molar-refractivity contribution in [2.24, 2.45) is 10.9 Å². The van der Waals surface area contributed by atoms with Gasteiger partial charge in [-0.2, -0.15) is 5.10 Å². The highest BCUT2D eigenvalue weighted by Crippen LogP contribution is 2.49. The van der Waals surface area contributed by atoms with Crippen molar-refractivity contribution in [2.75, 3.05) is 13.4 Å². The first kappa shape index (κ1) is 25.5. The summed E-state index contributed by atoms with van der Waals surface area (Å²) in [5.41, 5.74) is 0.274. The minimum atomic E-state index is -3.49. The number of hydrazone groups is 1. The number of nitrogens with zero attached hydrogens (tertiary/aromatic N) is 1. The third-order valence-corrected chi connectivity index (χ3v) is 7.00. The highest BCUT2D eigenvalue weighted by atomic mass is 32.2. The van der Waals surface area contributed by atoms with Crippen LogP contribution in [0.25, 0.3) is 0 Å². The molecule has 0 unspecified atom stereocenters. The molecule has 1 aliphatic heterocycles. The topological polar surface area (TPSA) is 175 Å². The number of carbonyl (C=O) groups excluding carboxylic acids is 1. The standard InChI is InChI=1S/C25H22N2O9S/c1-11-9-16(28)19(20(27-26)13-5-7-14(8-6-13)37(4,32)33)23-18(11)25(31)36-21-12(2)17(34-3)10-15(24(29)30)22(21)35-23/h5-10,28H,26H2,1-4H3,(H,29,30). The molecular weight excluding hydrogens is 504 g/mol. The van der Waals surface area contributed by atoms with Gasteiger partial charge in [-0.05, 0) is 43.7 Å². The smallest absolute Gasteiger partial charge is 0.347 e. The average Bonchev–Trinajstić information content (AvgIpc) is 2.98. The molecule has 0 bridgehead atoms. The zero-order valence-corrected chi connectivity index (χ0v) is 21.0. The molecule has 3 aromatic carbocycles. The summed E-state index contributed by atoms with van der Waals surface area (Å²) in [4.78, 5) is 25.4. The van der Waals surface area contributed by atoms with Crippen LogP contribution in [0.3, 0.4) is 0 Å². The minimum Gasteiger partial charge on any atom is -0.507 e. The maximum Gasteiger partial charge on any atom is 0.347 e. The third-order valence-electron chi connectivity index (χ3n) is 5.87. The van der Waals surface area contributed by atoms with E-state index in [9.17, 15) is 28.2 Å². The number of carboxylic acid groups (broad SMARTS) is 1. The Bertz CT molecular complexity index is 1610. The van der Waals surface area contributed by atoms with Gasteiger partial charge in [0.2, 0.25) is 0 Å². The number of aromatic hydroxyl groups is 1. The molecule has 192 valence electrons. The van der Waals surface area contributed by atoms with E-state index in [1.54, 1.807) is 6.92 Å². The van der Waals surface area contributed by atoms with Crippen molar-refractivity contribution >= 4 is 27.5 Å². The van der Waals surface area contributed by atoms with Gasteiger partial charge in [0.15, 0.2) is 27.1 Å². The molecule has 11 nitrogen and oxygen atoms in total. The van der Waals surface area contributed by atoms with Crippen molar-refractivity contribution in [2.45, 2.75) is 18.7 Å². The predicted molar refractivity (Wildman–Crippen MR) is 132 cm³/mol. The summed E-state index contributed by atoms with van der Waals surface area (Å²) < 4.78 is 40.6. The zero-order chi connectivity index (χ0) is 27.2. The van der Waals surface area contributed by atoms with Crippen LogP contribution in [-0.4, -0.2) is 49.6 Å². The first-order chi connectivity index (χ1) is 17.4. The van der Waals surface area contributed by atoms with E-state index in [2.05, 4.69) is 5.10 Å². The van der Waals surface area contributed by atoms with E-state index in [0.29, 0.717) is 11.1 Å². The second-order valence-corrected chi connectivity index (χ2v) is 10.3. The Morgan fingerprint density at radius 1 is 1.05 bits per heavy atom. The van der Waals surface area contributed by atoms with E-state index in [1.807, 2.05) is 0 Å².